The van der Waals surface area contributed by atoms with E-state index in [0.29, 0.717) is 17.5 Å². The Morgan fingerprint density at radius 3 is 2.84 bits per heavy atom. The molecule has 3 heterocycles. The number of aromatic nitrogens is 3. The van der Waals surface area contributed by atoms with E-state index in [-0.39, 0.29) is 41.3 Å². The molecule has 2 aromatic heterocycles. The quantitative estimate of drug-likeness (QED) is 0.276. The van der Waals surface area contributed by atoms with E-state index in [1.165, 1.54) is 30.2 Å². The number of aromatic carboxylic acids is 1. The Morgan fingerprint density at radius 2 is 2.03 bits per heavy atom. The van der Waals surface area contributed by atoms with Gasteiger partial charge in [-0.2, -0.15) is 0 Å². The molecule has 1 atom stereocenters. The Kier molecular flexibility index (Phi) is 7.00. The van der Waals surface area contributed by atoms with Gasteiger partial charge in [-0.1, -0.05) is 30.3 Å². The maximum Gasteiger partial charge on any atom is 0.339 e. The molecule has 0 saturated carbocycles. The molecule has 6 rings (SSSR count). The fraction of sp³-hybridized carbons (Fsp3) is 0.222. The Labute approximate surface area is 217 Å². The lowest BCUT2D eigenvalue weighted by atomic mass is 9.88. The average molecular weight is 515 g/mol. The highest BCUT2D eigenvalue weighted by atomic mass is 16.5. The molecule has 1 aliphatic heterocycles. The van der Waals surface area contributed by atoms with E-state index >= 15 is 0 Å². The number of aromatic amines is 1. The van der Waals surface area contributed by atoms with Crippen LogP contribution in [0.25, 0.3) is 11.0 Å². The predicted molar refractivity (Wildman–Crippen MR) is 139 cm³/mol. The van der Waals surface area contributed by atoms with Crippen molar-refractivity contribution in [2.75, 3.05) is 11.9 Å². The number of anilines is 1. The average Bonchev–Trinajstić information content (AvgIpc) is 3.37. The summed E-state index contributed by atoms with van der Waals surface area (Å²) in [5.74, 6) is -1.31. The SMILES string of the molecule is N[C@H]1CCCc2ccccc21.O=C1COc2ccc(CNC(=O)c3ncnc4c(C(=O)O)c[nH]c34)cc2N1. The normalized spacial score (nSPS) is 15.7. The summed E-state index contributed by atoms with van der Waals surface area (Å²) in [6, 6.07) is 14.0. The zero-order valence-electron chi connectivity index (χ0n) is 20.4. The van der Waals surface area contributed by atoms with Crippen molar-refractivity contribution in [3.63, 3.8) is 0 Å². The number of fused-ring (bicyclic) bond motifs is 3. The van der Waals surface area contributed by atoms with Gasteiger partial charge in [-0.3, -0.25) is 9.59 Å². The van der Waals surface area contributed by atoms with E-state index in [0.717, 1.165) is 18.3 Å². The Bertz CT molecular complexity index is 1530. The van der Waals surface area contributed by atoms with Gasteiger partial charge >= 0.3 is 5.97 Å². The molecule has 1 aliphatic carbocycles. The summed E-state index contributed by atoms with van der Waals surface area (Å²) in [6.45, 7) is 0.154. The predicted octanol–water partition coefficient (Wildman–Crippen LogP) is 2.94. The number of amides is 2. The second-order valence-corrected chi connectivity index (χ2v) is 9.00. The number of benzene rings is 2. The highest BCUT2D eigenvalue weighted by Gasteiger charge is 2.20. The summed E-state index contributed by atoms with van der Waals surface area (Å²) in [7, 11) is 0. The summed E-state index contributed by atoms with van der Waals surface area (Å²) in [6.07, 6.45) is 6.02. The van der Waals surface area contributed by atoms with Crippen LogP contribution in [0.4, 0.5) is 5.69 Å². The van der Waals surface area contributed by atoms with Crippen LogP contribution in [-0.4, -0.2) is 44.4 Å². The summed E-state index contributed by atoms with van der Waals surface area (Å²) >= 11 is 0. The third kappa shape index (κ3) is 5.18. The van der Waals surface area contributed by atoms with Crippen LogP contribution in [0.1, 0.15) is 56.4 Å². The van der Waals surface area contributed by atoms with Gasteiger partial charge in [0.25, 0.3) is 11.8 Å². The first-order valence-electron chi connectivity index (χ1n) is 12.1. The van der Waals surface area contributed by atoms with Gasteiger partial charge in [0.05, 0.1) is 11.2 Å². The number of nitrogens with zero attached hydrogens (tertiary/aromatic N) is 2. The summed E-state index contributed by atoms with van der Waals surface area (Å²) in [5.41, 5.74) is 10.5. The van der Waals surface area contributed by atoms with Crippen LogP contribution in [0.5, 0.6) is 5.75 Å². The Balaban J connectivity index is 0.000000222. The van der Waals surface area contributed by atoms with Crippen molar-refractivity contribution >= 4 is 34.5 Å². The molecule has 11 heteroatoms. The van der Waals surface area contributed by atoms with Gasteiger partial charge in [0.15, 0.2) is 12.3 Å². The van der Waals surface area contributed by atoms with Crippen LogP contribution >= 0.6 is 0 Å². The number of hydrogen-bond acceptors (Lipinski definition) is 7. The van der Waals surface area contributed by atoms with Gasteiger partial charge in [-0.25, -0.2) is 14.8 Å². The van der Waals surface area contributed by atoms with Crippen molar-refractivity contribution in [1.29, 1.82) is 0 Å². The number of H-pyrrole nitrogens is 1. The monoisotopic (exact) mass is 514 g/mol. The number of nitrogens with one attached hydrogen (secondary N) is 3. The van der Waals surface area contributed by atoms with E-state index in [2.05, 4.69) is 49.9 Å². The molecule has 2 amide bonds. The van der Waals surface area contributed by atoms with Crippen molar-refractivity contribution in [2.45, 2.75) is 31.8 Å². The molecule has 0 unspecified atom stereocenters. The van der Waals surface area contributed by atoms with E-state index in [1.54, 1.807) is 18.2 Å². The third-order valence-electron chi connectivity index (χ3n) is 6.45. The van der Waals surface area contributed by atoms with E-state index in [4.69, 9.17) is 15.6 Å². The number of nitrogens with two attached hydrogens (primary N) is 1. The fourth-order valence-corrected chi connectivity index (χ4v) is 4.57. The summed E-state index contributed by atoms with van der Waals surface area (Å²) < 4.78 is 5.29. The van der Waals surface area contributed by atoms with Gasteiger partial charge < -0.3 is 31.2 Å². The molecule has 2 aliphatic rings. The second kappa shape index (κ2) is 10.7. The second-order valence-electron chi connectivity index (χ2n) is 9.00. The number of carboxylic acid groups (broad SMARTS) is 1. The smallest absolute Gasteiger partial charge is 0.339 e. The first kappa shape index (κ1) is 24.9. The van der Waals surface area contributed by atoms with E-state index in [9.17, 15) is 14.4 Å². The van der Waals surface area contributed by atoms with Gasteiger partial charge in [0.2, 0.25) is 0 Å². The van der Waals surface area contributed by atoms with Gasteiger partial charge in [-0.15, -0.1) is 0 Å². The molecule has 11 nitrogen and oxygen atoms in total. The van der Waals surface area contributed by atoms with Crippen LogP contribution in [-0.2, 0) is 17.8 Å². The number of rotatable bonds is 4. The first-order valence-corrected chi connectivity index (χ1v) is 12.1. The van der Waals surface area contributed by atoms with E-state index in [1.807, 2.05) is 0 Å². The molecule has 194 valence electrons. The van der Waals surface area contributed by atoms with Crippen molar-refractivity contribution < 1.29 is 24.2 Å². The van der Waals surface area contributed by atoms with Crippen LogP contribution in [0.15, 0.2) is 55.0 Å². The number of ether oxygens (including phenoxy) is 1. The van der Waals surface area contributed by atoms with Gasteiger partial charge in [0, 0.05) is 18.8 Å². The number of carbonyl (C=O) groups excluding carboxylic acids is 2. The minimum absolute atomic E-state index is 0.0265. The fourth-order valence-electron chi connectivity index (χ4n) is 4.57. The van der Waals surface area contributed by atoms with Crippen LogP contribution < -0.4 is 21.1 Å². The number of hydrogen-bond donors (Lipinski definition) is 5. The van der Waals surface area contributed by atoms with Crippen molar-refractivity contribution in [3.05, 3.63) is 82.9 Å². The number of aryl methyl sites for hydroxylation is 1. The molecule has 0 bridgehead atoms. The molecule has 0 radical (unpaired) electrons. The molecule has 0 saturated heterocycles. The third-order valence-corrected chi connectivity index (χ3v) is 6.45. The molecular weight excluding hydrogens is 488 g/mol. The molecule has 0 spiro atoms. The lowest BCUT2D eigenvalue weighted by Crippen LogP contribution is -2.26. The van der Waals surface area contributed by atoms with Gasteiger partial charge in [0.1, 0.15) is 23.2 Å². The lowest BCUT2D eigenvalue weighted by molar-refractivity contribution is -0.118. The minimum Gasteiger partial charge on any atom is -0.482 e. The highest BCUT2D eigenvalue weighted by molar-refractivity contribution is 6.08. The summed E-state index contributed by atoms with van der Waals surface area (Å²) in [5, 5.41) is 14.6. The van der Waals surface area contributed by atoms with Gasteiger partial charge in [-0.05, 0) is 48.1 Å². The first-order chi connectivity index (χ1) is 18.4. The summed E-state index contributed by atoms with van der Waals surface area (Å²) in [4.78, 5) is 45.7. The Hall–Kier alpha value is -4.77. The molecular formula is C27H26N6O5. The van der Waals surface area contributed by atoms with Crippen LogP contribution in [0, 0.1) is 0 Å². The highest BCUT2D eigenvalue weighted by Crippen LogP contribution is 2.29. The van der Waals surface area contributed by atoms with Crippen molar-refractivity contribution in [2.24, 2.45) is 5.73 Å². The zero-order valence-corrected chi connectivity index (χ0v) is 20.4. The van der Waals surface area contributed by atoms with Crippen LogP contribution in [0.3, 0.4) is 0 Å². The largest absolute Gasteiger partial charge is 0.482 e. The maximum absolute atomic E-state index is 12.5. The number of carbonyl (C=O) groups is 3. The van der Waals surface area contributed by atoms with E-state index < -0.39 is 11.9 Å². The van der Waals surface area contributed by atoms with Crippen molar-refractivity contribution in [1.82, 2.24) is 20.3 Å². The minimum atomic E-state index is -1.15. The molecule has 38 heavy (non-hydrogen) atoms. The van der Waals surface area contributed by atoms with Crippen molar-refractivity contribution in [3.8, 4) is 5.75 Å². The topological polar surface area (TPSA) is 172 Å². The number of carboxylic acids is 1. The molecule has 6 N–H and O–H groups in total. The lowest BCUT2D eigenvalue weighted by Gasteiger charge is -2.21. The molecule has 0 fully saturated rings. The van der Waals surface area contributed by atoms with Crippen LogP contribution in [0.2, 0.25) is 0 Å². The molecule has 4 aromatic rings. The Morgan fingerprint density at radius 1 is 1.18 bits per heavy atom. The molecule has 2 aromatic carbocycles. The maximum atomic E-state index is 12.5. The zero-order chi connectivity index (χ0) is 26.6. The standard InChI is InChI=1S/C17H13N5O5.C10H13N/c23-12-6-27-11-2-1-8(3-10(11)22-12)4-19-16(24)15-14-13(20-7-21-15)9(5-18-14)17(25)26;11-10-7-3-5-8-4-1-2-6-9(8)10/h1-3,5,7,18H,4,6H2,(H,19,24)(H,22,23)(H,25,26);1-2,4,6,10H,3,5,7,11H2/t;10-/m.0/s1.